The van der Waals surface area contributed by atoms with Crippen molar-refractivity contribution in [2.24, 2.45) is 0 Å². The molecule has 3 aromatic rings. The third kappa shape index (κ3) is 6.62. The molecule has 0 aliphatic carbocycles. The van der Waals surface area contributed by atoms with Gasteiger partial charge in [-0.3, -0.25) is 9.78 Å². The van der Waals surface area contributed by atoms with Gasteiger partial charge in [-0.1, -0.05) is 12.6 Å². The van der Waals surface area contributed by atoms with Gasteiger partial charge in [-0.15, -0.1) is 0 Å². The molecule has 10 nitrogen and oxygen atoms in total. The van der Waals surface area contributed by atoms with Crippen molar-refractivity contribution in [3.8, 4) is 23.1 Å². The predicted octanol–water partition coefficient (Wildman–Crippen LogP) is 5.59. The smallest absolute Gasteiger partial charge is 0.282 e. The minimum absolute atomic E-state index is 0.0859. The maximum Gasteiger partial charge on any atom is 0.282 e. The van der Waals surface area contributed by atoms with Gasteiger partial charge in [-0.2, -0.15) is 10.2 Å². The van der Waals surface area contributed by atoms with E-state index in [-0.39, 0.29) is 13.0 Å². The second-order valence-electron chi connectivity index (χ2n) is 14.6. The molecule has 0 saturated carbocycles. The number of carbonyl (C=O) groups is 1. The molecular formula is C40H49FN8O2. The first kappa shape index (κ1) is 34.7. The summed E-state index contributed by atoms with van der Waals surface area (Å²) in [4.78, 5) is 33.8. The molecule has 1 amide bonds. The van der Waals surface area contributed by atoms with E-state index in [0.717, 1.165) is 85.5 Å². The molecule has 1 aromatic carbocycles. The van der Waals surface area contributed by atoms with E-state index in [0.29, 0.717) is 38.2 Å². The highest BCUT2D eigenvalue weighted by atomic mass is 19.1. The first-order valence-electron chi connectivity index (χ1n) is 18.3. The number of likely N-dealkylation sites (tertiary alicyclic amines) is 1. The number of carbonyl (C=O) groups excluding carboxylic acids is 1. The van der Waals surface area contributed by atoms with Crippen LogP contribution in [-0.2, 0) is 24.2 Å². The van der Waals surface area contributed by atoms with Crippen molar-refractivity contribution in [1.29, 1.82) is 5.26 Å². The highest BCUT2D eigenvalue weighted by molar-refractivity contribution is 5.91. The molecule has 2 fully saturated rings. The number of aromatic nitrogens is 2. The molecule has 2 aromatic heterocycles. The minimum atomic E-state index is -1.00. The number of nitriles is 1. The van der Waals surface area contributed by atoms with Gasteiger partial charge >= 0.3 is 0 Å². The number of halogens is 1. The van der Waals surface area contributed by atoms with Crippen molar-refractivity contribution in [1.82, 2.24) is 19.8 Å². The highest BCUT2D eigenvalue weighted by Crippen LogP contribution is 2.45. The summed E-state index contributed by atoms with van der Waals surface area (Å²) in [5.41, 5.74) is 10.4. The molecule has 11 heteroatoms. The molecule has 2 saturated heterocycles. The van der Waals surface area contributed by atoms with Crippen LogP contribution in [0.25, 0.3) is 11.1 Å². The maximum absolute atomic E-state index is 14.1. The number of pyridine rings is 2. The van der Waals surface area contributed by atoms with Crippen LogP contribution in [0, 0.1) is 25.2 Å². The molecule has 4 aliphatic rings. The number of fused-ring (bicyclic) bond motifs is 2. The fraction of sp³-hybridized carbons (Fsp3) is 0.500. The zero-order valence-corrected chi connectivity index (χ0v) is 30.4. The Balaban J connectivity index is 1.37. The van der Waals surface area contributed by atoms with E-state index in [9.17, 15) is 14.4 Å². The fourth-order valence-corrected chi connectivity index (χ4v) is 8.69. The van der Waals surface area contributed by atoms with Crippen molar-refractivity contribution < 1.29 is 13.9 Å². The van der Waals surface area contributed by atoms with Crippen LogP contribution >= 0.6 is 0 Å². The van der Waals surface area contributed by atoms with Crippen LogP contribution in [0.3, 0.4) is 0 Å². The van der Waals surface area contributed by atoms with Crippen LogP contribution < -0.4 is 19.4 Å². The second-order valence-corrected chi connectivity index (χ2v) is 14.6. The molecule has 4 aliphatic heterocycles. The summed E-state index contributed by atoms with van der Waals surface area (Å²) >= 11 is 0. The maximum atomic E-state index is 14.1. The van der Waals surface area contributed by atoms with Crippen LogP contribution in [0.1, 0.15) is 53.6 Å². The Kier molecular flexibility index (Phi) is 9.88. The Morgan fingerprint density at radius 2 is 1.80 bits per heavy atom. The zero-order chi connectivity index (χ0) is 35.8. The van der Waals surface area contributed by atoms with Crippen LogP contribution in [0.4, 0.5) is 21.6 Å². The number of hydrogen-bond donors (Lipinski definition) is 0. The topological polar surface area (TPSA) is 92.1 Å². The van der Waals surface area contributed by atoms with E-state index >= 15 is 0 Å². The Hall–Kier alpha value is -4.69. The first-order valence-corrected chi connectivity index (χ1v) is 18.3. The largest absolute Gasteiger partial charge is 0.475 e. The summed E-state index contributed by atoms with van der Waals surface area (Å²) in [7, 11) is 4.33. The van der Waals surface area contributed by atoms with Gasteiger partial charge in [0.2, 0.25) is 5.88 Å². The molecule has 0 spiro atoms. The second kappa shape index (κ2) is 14.5. The predicted molar refractivity (Wildman–Crippen MR) is 199 cm³/mol. The molecular weight excluding hydrogens is 643 g/mol. The quantitative estimate of drug-likeness (QED) is 0.280. The van der Waals surface area contributed by atoms with E-state index in [1.165, 1.54) is 27.4 Å². The van der Waals surface area contributed by atoms with Gasteiger partial charge in [0.25, 0.3) is 5.91 Å². The fourth-order valence-electron chi connectivity index (χ4n) is 8.69. The standard InChI is InChI=1S/C40H49FN8O2/c1-26-14-17-43-28(3)36(26)37-33-24-47(35-12-6-11-34-32(35)10-8-19-46(34)5)20-15-31(33)38(44-39(37)51-25-30-9-7-18-45(30)4)48-21-22-49(40(50)27(2)41)29(23-48)13-16-42/h6,11-12,14,17,29-30H,2,7-10,13,15,18-25H2,1,3-5H3/t29-,30-/m0/s1. The number of benzene rings is 1. The molecule has 268 valence electrons. The van der Waals surface area contributed by atoms with Gasteiger partial charge in [-0.25, -0.2) is 4.39 Å². The van der Waals surface area contributed by atoms with Crippen LogP contribution in [0.2, 0.25) is 0 Å². The number of hydrogen-bond acceptors (Lipinski definition) is 9. The summed E-state index contributed by atoms with van der Waals surface area (Å²) in [5.74, 6) is -0.339. The van der Waals surface area contributed by atoms with Gasteiger partial charge in [0.05, 0.1) is 24.1 Å². The molecule has 0 radical (unpaired) electrons. The van der Waals surface area contributed by atoms with Crippen molar-refractivity contribution in [3.05, 3.63) is 70.8 Å². The number of anilines is 3. The number of likely N-dealkylation sites (N-methyl/N-ethyl adjacent to an activating group) is 1. The third-order valence-corrected chi connectivity index (χ3v) is 11.4. The van der Waals surface area contributed by atoms with E-state index in [2.05, 4.69) is 84.5 Å². The molecule has 6 heterocycles. The van der Waals surface area contributed by atoms with Crippen molar-refractivity contribution >= 4 is 23.1 Å². The molecule has 0 unspecified atom stereocenters. The normalized spacial score (nSPS) is 20.5. The lowest BCUT2D eigenvalue weighted by molar-refractivity contribution is -0.131. The van der Waals surface area contributed by atoms with E-state index < -0.39 is 17.8 Å². The number of rotatable bonds is 8. The van der Waals surface area contributed by atoms with Crippen LogP contribution in [-0.4, -0.2) is 97.7 Å². The average Bonchev–Trinajstić information content (AvgIpc) is 3.54. The summed E-state index contributed by atoms with van der Waals surface area (Å²) in [6.45, 7) is 12.6. The van der Waals surface area contributed by atoms with Crippen LogP contribution in [0.15, 0.2) is 42.9 Å². The monoisotopic (exact) mass is 692 g/mol. The molecule has 0 bridgehead atoms. The SMILES string of the molecule is C=C(F)C(=O)N1CCN(c2nc(OC[C@@H]3CCCN3C)c(-c3c(C)ccnc3C)c3c2CCN(c2cccc4c2CCCN4C)C3)C[C@@H]1CC#N. The Morgan fingerprint density at radius 1 is 0.980 bits per heavy atom. The minimum Gasteiger partial charge on any atom is -0.475 e. The van der Waals surface area contributed by atoms with Gasteiger partial charge in [0.15, 0.2) is 5.83 Å². The number of nitrogens with zero attached hydrogens (tertiary/aromatic N) is 8. The Morgan fingerprint density at radius 3 is 2.55 bits per heavy atom. The van der Waals surface area contributed by atoms with Gasteiger partial charge in [0.1, 0.15) is 12.4 Å². The van der Waals surface area contributed by atoms with Crippen LogP contribution in [0.5, 0.6) is 5.88 Å². The Labute approximate surface area is 301 Å². The van der Waals surface area contributed by atoms with Gasteiger partial charge in [0, 0.05) is 86.8 Å². The van der Waals surface area contributed by atoms with Gasteiger partial charge < -0.3 is 29.2 Å². The number of amides is 1. The number of ether oxygens (including phenoxy) is 1. The summed E-state index contributed by atoms with van der Waals surface area (Å²) < 4.78 is 20.9. The van der Waals surface area contributed by atoms with Crippen molar-refractivity contribution in [2.45, 2.75) is 71.0 Å². The lowest BCUT2D eigenvalue weighted by atomic mass is 9.88. The van der Waals surface area contributed by atoms with E-state index in [1.54, 1.807) is 0 Å². The molecule has 7 rings (SSSR count). The van der Waals surface area contributed by atoms with Crippen molar-refractivity contribution in [3.63, 3.8) is 0 Å². The average molecular weight is 693 g/mol. The molecule has 51 heavy (non-hydrogen) atoms. The Bertz CT molecular complexity index is 1850. The molecule has 0 N–H and O–H groups in total. The van der Waals surface area contributed by atoms with E-state index in [4.69, 9.17) is 14.7 Å². The summed E-state index contributed by atoms with van der Waals surface area (Å²) in [6.07, 6.45) is 7.09. The van der Waals surface area contributed by atoms with Crippen molar-refractivity contribution in [2.75, 3.05) is 74.7 Å². The lowest BCUT2D eigenvalue weighted by Gasteiger charge is -2.43. The number of aryl methyl sites for hydroxylation is 2. The van der Waals surface area contributed by atoms with Gasteiger partial charge in [-0.05, 0) is 94.4 Å². The van der Waals surface area contributed by atoms with E-state index in [1.807, 2.05) is 6.20 Å². The zero-order valence-electron chi connectivity index (χ0n) is 30.4. The first-order chi connectivity index (χ1) is 24.7. The number of piperazine rings is 1. The summed E-state index contributed by atoms with van der Waals surface area (Å²) in [5, 5.41) is 9.72. The highest BCUT2D eigenvalue weighted by Gasteiger charge is 2.37. The molecule has 2 atom stereocenters. The summed E-state index contributed by atoms with van der Waals surface area (Å²) in [6, 6.07) is 10.8. The lowest BCUT2D eigenvalue weighted by Crippen LogP contribution is -2.55. The third-order valence-electron chi connectivity index (χ3n) is 11.4.